The van der Waals surface area contributed by atoms with E-state index in [4.69, 9.17) is 4.74 Å². The van der Waals surface area contributed by atoms with Crippen LogP contribution in [0.1, 0.15) is 39.0 Å². The van der Waals surface area contributed by atoms with Crippen molar-refractivity contribution in [2.75, 3.05) is 13.2 Å². The van der Waals surface area contributed by atoms with E-state index in [9.17, 15) is 14.7 Å². The van der Waals surface area contributed by atoms with E-state index in [2.05, 4.69) is 5.32 Å². The summed E-state index contributed by atoms with van der Waals surface area (Å²) in [5.74, 6) is -0.331. The first kappa shape index (κ1) is 14.0. The summed E-state index contributed by atoms with van der Waals surface area (Å²) < 4.78 is 4.73. The molecule has 98 valence electrons. The fourth-order valence-electron chi connectivity index (χ4n) is 2.04. The van der Waals surface area contributed by atoms with Crippen LogP contribution >= 0.6 is 0 Å². The summed E-state index contributed by atoms with van der Waals surface area (Å²) in [5, 5.41) is 12.3. The van der Waals surface area contributed by atoms with Crippen molar-refractivity contribution in [3.63, 3.8) is 0 Å². The molecule has 1 rings (SSSR count). The predicted molar refractivity (Wildman–Crippen MR) is 62.2 cm³/mol. The molecule has 1 aliphatic carbocycles. The van der Waals surface area contributed by atoms with Gasteiger partial charge in [0.15, 0.2) is 0 Å². The van der Waals surface area contributed by atoms with E-state index in [1.54, 1.807) is 6.92 Å². The van der Waals surface area contributed by atoms with Crippen LogP contribution in [0.4, 0.5) is 0 Å². The fraction of sp³-hybridized carbons (Fsp3) is 0.833. The van der Waals surface area contributed by atoms with E-state index in [-0.39, 0.29) is 36.7 Å². The molecule has 0 heterocycles. The molecule has 0 aromatic carbocycles. The van der Waals surface area contributed by atoms with Crippen molar-refractivity contribution in [1.82, 2.24) is 5.32 Å². The van der Waals surface area contributed by atoms with Gasteiger partial charge in [-0.15, -0.1) is 0 Å². The molecule has 1 amide bonds. The van der Waals surface area contributed by atoms with Crippen molar-refractivity contribution in [2.24, 2.45) is 5.92 Å². The van der Waals surface area contributed by atoms with Gasteiger partial charge < -0.3 is 15.2 Å². The Kier molecular flexibility index (Phi) is 5.97. The third-order valence-electron chi connectivity index (χ3n) is 3.04. The van der Waals surface area contributed by atoms with Crippen molar-refractivity contribution in [2.45, 2.75) is 45.1 Å². The maximum absolute atomic E-state index is 11.4. The monoisotopic (exact) mass is 243 g/mol. The molecule has 17 heavy (non-hydrogen) atoms. The highest BCUT2D eigenvalue weighted by Gasteiger charge is 2.25. The van der Waals surface area contributed by atoms with Crippen LogP contribution < -0.4 is 5.32 Å². The van der Waals surface area contributed by atoms with Gasteiger partial charge in [0.2, 0.25) is 5.91 Å². The van der Waals surface area contributed by atoms with Crippen molar-refractivity contribution >= 4 is 11.9 Å². The van der Waals surface area contributed by atoms with E-state index < -0.39 is 0 Å². The standard InChI is InChI=1S/C12H21NO4/c1-2-17-12(16)7-6-11(15)13-8-9-4-3-5-10(9)14/h9-10,14H,2-8H2,1H3,(H,13,15). The van der Waals surface area contributed by atoms with Crippen molar-refractivity contribution < 1.29 is 19.4 Å². The number of hydrogen-bond acceptors (Lipinski definition) is 4. The summed E-state index contributed by atoms with van der Waals surface area (Å²) in [6.07, 6.45) is 2.78. The van der Waals surface area contributed by atoms with Crippen LogP contribution in [0.2, 0.25) is 0 Å². The smallest absolute Gasteiger partial charge is 0.306 e. The Hall–Kier alpha value is -1.10. The van der Waals surface area contributed by atoms with E-state index in [1.807, 2.05) is 0 Å². The zero-order chi connectivity index (χ0) is 12.7. The van der Waals surface area contributed by atoms with Gasteiger partial charge in [0.1, 0.15) is 0 Å². The van der Waals surface area contributed by atoms with Gasteiger partial charge in [0.05, 0.1) is 19.1 Å². The molecule has 0 aromatic rings. The van der Waals surface area contributed by atoms with Crippen LogP contribution in [0, 0.1) is 5.92 Å². The third kappa shape index (κ3) is 5.17. The van der Waals surface area contributed by atoms with Crippen molar-refractivity contribution in [1.29, 1.82) is 0 Å². The lowest BCUT2D eigenvalue weighted by atomic mass is 10.1. The van der Waals surface area contributed by atoms with Gasteiger partial charge in [0.25, 0.3) is 0 Å². The number of carbonyl (C=O) groups is 2. The SMILES string of the molecule is CCOC(=O)CCC(=O)NCC1CCCC1O. The number of carbonyl (C=O) groups excluding carboxylic acids is 2. The molecule has 1 aliphatic rings. The average molecular weight is 243 g/mol. The number of ether oxygens (including phenoxy) is 1. The minimum absolute atomic E-state index is 0.118. The maximum atomic E-state index is 11.4. The maximum Gasteiger partial charge on any atom is 0.306 e. The molecule has 2 atom stereocenters. The fourth-order valence-corrected chi connectivity index (χ4v) is 2.04. The van der Waals surface area contributed by atoms with E-state index >= 15 is 0 Å². The average Bonchev–Trinajstić information content (AvgIpc) is 2.70. The highest BCUT2D eigenvalue weighted by atomic mass is 16.5. The molecular formula is C12H21NO4. The van der Waals surface area contributed by atoms with Crippen LogP contribution in [0.5, 0.6) is 0 Å². The third-order valence-corrected chi connectivity index (χ3v) is 3.04. The summed E-state index contributed by atoms with van der Waals surface area (Å²) >= 11 is 0. The first-order valence-electron chi connectivity index (χ1n) is 6.24. The molecule has 2 unspecified atom stereocenters. The van der Waals surface area contributed by atoms with Crippen molar-refractivity contribution in [3.05, 3.63) is 0 Å². The van der Waals surface area contributed by atoms with Crippen LogP contribution in [0.3, 0.4) is 0 Å². The molecule has 5 heteroatoms. The molecule has 0 saturated heterocycles. The quantitative estimate of drug-likeness (QED) is 0.670. The van der Waals surface area contributed by atoms with E-state index in [0.29, 0.717) is 13.2 Å². The molecule has 0 spiro atoms. The normalized spacial score (nSPS) is 23.4. The first-order valence-corrected chi connectivity index (χ1v) is 6.24. The minimum atomic E-state index is -0.344. The summed E-state index contributed by atoms with van der Waals surface area (Å²) in [5.41, 5.74) is 0. The number of amides is 1. The minimum Gasteiger partial charge on any atom is -0.466 e. The van der Waals surface area contributed by atoms with E-state index in [1.165, 1.54) is 0 Å². The second-order valence-electron chi connectivity index (χ2n) is 4.37. The summed E-state index contributed by atoms with van der Waals surface area (Å²) in [7, 11) is 0. The second-order valence-corrected chi connectivity index (χ2v) is 4.37. The van der Waals surface area contributed by atoms with E-state index in [0.717, 1.165) is 19.3 Å². The predicted octanol–water partition coefficient (Wildman–Crippen LogP) is 0.607. The Bertz CT molecular complexity index is 267. The van der Waals surface area contributed by atoms with Crippen molar-refractivity contribution in [3.8, 4) is 0 Å². The number of hydrogen-bond donors (Lipinski definition) is 2. The number of esters is 1. The van der Waals surface area contributed by atoms with Crippen LogP contribution in [-0.2, 0) is 14.3 Å². The molecule has 0 aromatic heterocycles. The molecular weight excluding hydrogens is 222 g/mol. The Labute approximate surface area is 102 Å². The van der Waals surface area contributed by atoms with Crippen LogP contribution in [-0.4, -0.2) is 36.2 Å². The number of aliphatic hydroxyl groups is 1. The van der Waals surface area contributed by atoms with Gasteiger partial charge in [-0.1, -0.05) is 6.42 Å². The van der Waals surface area contributed by atoms with Gasteiger partial charge in [-0.3, -0.25) is 9.59 Å². The second kappa shape index (κ2) is 7.27. The summed E-state index contributed by atoms with van der Waals surface area (Å²) in [4.78, 5) is 22.4. The molecule has 1 saturated carbocycles. The zero-order valence-electron chi connectivity index (χ0n) is 10.3. The number of nitrogens with one attached hydrogen (secondary N) is 1. The van der Waals surface area contributed by atoms with Gasteiger partial charge in [-0.25, -0.2) is 0 Å². The number of aliphatic hydroxyl groups excluding tert-OH is 1. The number of rotatable bonds is 6. The lowest BCUT2D eigenvalue weighted by Gasteiger charge is -2.14. The van der Waals surface area contributed by atoms with Crippen LogP contribution in [0.15, 0.2) is 0 Å². The van der Waals surface area contributed by atoms with Gasteiger partial charge in [-0.2, -0.15) is 0 Å². The Balaban J connectivity index is 2.10. The van der Waals surface area contributed by atoms with Gasteiger partial charge >= 0.3 is 5.97 Å². The zero-order valence-corrected chi connectivity index (χ0v) is 10.3. The molecule has 2 N–H and O–H groups in total. The largest absolute Gasteiger partial charge is 0.466 e. The molecule has 0 aliphatic heterocycles. The Morgan fingerprint density at radius 3 is 2.71 bits per heavy atom. The highest BCUT2D eigenvalue weighted by Crippen LogP contribution is 2.24. The van der Waals surface area contributed by atoms with Gasteiger partial charge in [-0.05, 0) is 19.8 Å². The topological polar surface area (TPSA) is 75.6 Å². The van der Waals surface area contributed by atoms with Gasteiger partial charge in [0, 0.05) is 18.9 Å². The summed E-state index contributed by atoms with van der Waals surface area (Å²) in [6.45, 7) is 2.58. The molecule has 0 bridgehead atoms. The molecule has 0 radical (unpaired) electrons. The van der Waals surface area contributed by atoms with Crippen LogP contribution in [0.25, 0.3) is 0 Å². The Morgan fingerprint density at radius 1 is 1.35 bits per heavy atom. The summed E-state index contributed by atoms with van der Waals surface area (Å²) in [6, 6.07) is 0. The molecule has 5 nitrogen and oxygen atoms in total. The first-order chi connectivity index (χ1) is 8.13. The lowest BCUT2D eigenvalue weighted by molar-refractivity contribution is -0.144. The lowest BCUT2D eigenvalue weighted by Crippen LogP contribution is -2.32. The highest BCUT2D eigenvalue weighted by molar-refractivity contribution is 5.81. The molecule has 1 fully saturated rings. The Morgan fingerprint density at radius 2 is 2.12 bits per heavy atom.